The Morgan fingerprint density at radius 1 is 1.07 bits per heavy atom. The van der Waals surface area contributed by atoms with Gasteiger partial charge in [0.25, 0.3) is 5.56 Å². The number of benzene rings is 2. The molecule has 0 unspecified atom stereocenters. The lowest BCUT2D eigenvalue weighted by molar-refractivity contribution is 0.101. The second-order valence-corrected chi connectivity index (χ2v) is 13.3. The van der Waals surface area contributed by atoms with Gasteiger partial charge < -0.3 is 14.8 Å². The van der Waals surface area contributed by atoms with Gasteiger partial charge in [0.05, 0.1) is 28.4 Å². The van der Waals surface area contributed by atoms with Gasteiger partial charge in [0.15, 0.2) is 5.82 Å². The van der Waals surface area contributed by atoms with Gasteiger partial charge in [-0.1, -0.05) is 29.4 Å². The Morgan fingerprint density at radius 3 is 2.43 bits per heavy atom. The van der Waals surface area contributed by atoms with Crippen molar-refractivity contribution in [2.45, 2.75) is 36.2 Å². The molecule has 1 fully saturated rings. The summed E-state index contributed by atoms with van der Waals surface area (Å²) in [6.07, 6.45) is 4.74. The molecule has 2 N–H and O–H groups in total. The lowest BCUT2D eigenvalue weighted by Gasteiger charge is -2.41. The smallest absolute Gasteiger partial charge is 0.261 e. The van der Waals surface area contributed by atoms with Gasteiger partial charge in [-0.25, -0.2) is 12.7 Å². The van der Waals surface area contributed by atoms with E-state index in [0.29, 0.717) is 35.2 Å². The highest BCUT2D eigenvalue weighted by Crippen LogP contribution is 2.38. The zero-order valence-corrected chi connectivity index (χ0v) is 25.2. The van der Waals surface area contributed by atoms with Crippen molar-refractivity contribution in [1.29, 1.82) is 5.26 Å². The third-order valence-corrected chi connectivity index (χ3v) is 10.1. The van der Waals surface area contributed by atoms with Crippen LogP contribution in [0.3, 0.4) is 0 Å². The maximum absolute atomic E-state index is 13.0. The maximum atomic E-state index is 13.0. The predicted molar refractivity (Wildman–Crippen MR) is 166 cm³/mol. The van der Waals surface area contributed by atoms with E-state index >= 15 is 0 Å². The Morgan fingerprint density at radius 2 is 1.80 bits per heavy atom. The first-order valence-corrected chi connectivity index (χ1v) is 15.6. The van der Waals surface area contributed by atoms with Gasteiger partial charge in [-0.3, -0.25) is 14.4 Å². The van der Waals surface area contributed by atoms with E-state index in [9.17, 15) is 18.5 Å². The normalized spacial score (nSPS) is 15.4. The number of sulfonamides is 1. The zero-order chi connectivity index (χ0) is 30.9. The number of hydrogen-bond donors (Lipinski definition) is 2. The number of H-pyrrole nitrogens is 1. The molecule has 5 aromatic rings. The second kappa shape index (κ2) is 11.7. The van der Waals surface area contributed by atoms with Gasteiger partial charge in [0.2, 0.25) is 10.0 Å². The summed E-state index contributed by atoms with van der Waals surface area (Å²) in [5, 5.41) is 22.4. The van der Waals surface area contributed by atoms with Crippen LogP contribution >= 0.6 is 0 Å². The van der Waals surface area contributed by atoms with Crippen LogP contribution < -0.4 is 10.9 Å². The van der Waals surface area contributed by atoms with E-state index in [0.717, 1.165) is 35.2 Å². The molecule has 0 spiro atoms. The van der Waals surface area contributed by atoms with Crippen molar-refractivity contribution in [1.82, 2.24) is 29.1 Å². The fourth-order valence-corrected chi connectivity index (χ4v) is 6.62. The van der Waals surface area contributed by atoms with Crippen LogP contribution in [0.15, 0.2) is 87.3 Å². The van der Waals surface area contributed by atoms with E-state index in [1.54, 1.807) is 24.6 Å². The second-order valence-electron chi connectivity index (χ2n) is 11.2. The van der Waals surface area contributed by atoms with Crippen LogP contribution in [0.2, 0.25) is 0 Å². The van der Waals surface area contributed by atoms with E-state index in [1.807, 2.05) is 28.9 Å². The summed E-state index contributed by atoms with van der Waals surface area (Å²) in [4.78, 5) is 18.3. The summed E-state index contributed by atoms with van der Waals surface area (Å²) in [7, 11) is -0.621. The van der Waals surface area contributed by atoms with Crippen LogP contribution in [0.25, 0.3) is 22.2 Å². The van der Waals surface area contributed by atoms with Crippen LogP contribution in [-0.4, -0.2) is 64.7 Å². The summed E-state index contributed by atoms with van der Waals surface area (Å²) in [5.74, 6) is 0.344. The Kier molecular flexibility index (Phi) is 7.81. The van der Waals surface area contributed by atoms with Crippen LogP contribution in [0, 0.1) is 11.3 Å². The summed E-state index contributed by atoms with van der Waals surface area (Å²) in [6.45, 7) is 2.28. The number of anilines is 2. The number of pyridine rings is 1. The minimum Gasteiger partial charge on any atom is -0.364 e. The van der Waals surface area contributed by atoms with Gasteiger partial charge in [0.1, 0.15) is 17.3 Å². The Bertz CT molecular complexity index is 1970. The van der Waals surface area contributed by atoms with Gasteiger partial charge in [-0.2, -0.15) is 10.4 Å². The fourth-order valence-electron chi connectivity index (χ4n) is 5.72. The lowest BCUT2D eigenvalue weighted by atomic mass is 9.84. The first-order chi connectivity index (χ1) is 21.2. The van der Waals surface area contributed by atoms with E-state index in [1.165, 1.54) is 31.8 Å². The van der Waals surface area contributed by atoms with Crippen LogP contribution in [0.5, 0.6) is 0 Å². The standard InChI is InChI=1S/C31H32N8O4S/c1-37(2)44(41,42)25-9-7-24(8-10-25)34-29-28-27(11-17-33-30(28)40)39(35-29)31(13-16-32)14-18-38(19-15-31)21-22-3-5-23(6-4-22)26-12-20-43-36-26/h3-12,17,20H,13-15,18-19,21H2,1-2H3,(H,33,40)(H,34,35). The van der Waals surface area contributed by atoms with Crippen molar-refractivity contribution >= 4 is 32.4 Å². The summed E-state index contributed by atoms with van der Waals surface area (Å²) in [5.41, 5.74) is 3.28. The summed E-state index contributed by atoms with van der Waals surface area (Å²) < 4.78 is 32.9. The lowest BCUT2D eigenvalue weighted by Crippen LogP contribution is -2.46. The first-order valence-electron chi connectivity index (χ1n) is 14.2. The third-order valence-electron chi connectivity index (χ3n) is 8.24. The van der Waals surface area contributed by atoms with Crippen molar-refractivity contribution in [2.75, 3.05) is 32.5 Å². The van der Waals surface area contributed by atoms with Crippen LogP contribution in [-0.2, 0) is 22.1 Å². The molecule has 0 saturated carbocycles. The highest BCUT2D eigenvalue weighted by molar-refractivity contribution is 7.89. The van der Waals surface area contributed by atoms with E-state index in [-0.39, 0.29) is 16.9 Å². The Labute approximate surface area is 254 Å². The molecule has 1 saturated heterocycles. The minimum absolute atomic E-state index is 0.159. The van der Waals surface area contributed by atoms with Gasteiger partial charge in [-0.15, -0.1) is 0 Å². The number of nitrogens with one attached hydrogen (secondary N) is 2. The van der Waals surface area contributed by atoms with Gasteiger partial charge in [0, 0.05) is 57.2 Å². The number of fused-ring (bicyclic) bond motifs is 1. The molecule has 44 heavy (non-hydrogen) atoms. The number of nitriles is 1. The zero-order valence-electron chi connectivity index (χ0n) is 24.4. The summed E-state index contributed by atoms with van der Waals surface area (Å²) >= 11 is 0. The van der Waals surface area contributed by atoms with Crippen LogP contribution in [0.1, 0.15) is 24.8 Å². The molecular formula is C31H32N8O4S. The number of likely N-dealkylation sites (tertiary alicyclic amines) is 1. The molecule has 0 amide bonds. The molecule has 4 heterocycles. The van der Waals surface area contributed by atoms with Gasteiger partial charge in [-0.05, 0) is 48.7 Å². The quantitative estimate of drug-likeness (QED) is 0.248. The Hall–Kier alpha value is -4.77. The third kappa shape index (κ3) is 5.50. The highest BCUT2D eigenvalue weighted by atomic mass is 32.2. The molecule has 6 rings (SSSR count). The Balaban J connectivity index is 1.25. The van der Waals surface area contributed by atoms with Crippen molar-refractivity contribution < 1.29 is 12.9 Å². The molecule has 0 atom stereocenters. The average molecular weight is 613 g/mol. The average Bonchev–Trinajstić information content (AvgIpc) is 3.69. The minimum atomic E-state index is -3.58. The molecule has 12 nitrogen and oxygen atoms in total. The van der Waals surface area contributed by atoms with E-state index in [2.05, 4.69) is 38.6 Å². The molecule has 3 aromatic heterocycles. The molecule has 13 heteroatoms. The van der Waals surface area contributed by atoms with Crippen LogP contribution in [0.4, 0.5) is 11.5 Å². The number of aromatic amines is 1. The van der Waals surface area contributed by atoms with Crippen molar-refractivity contribution in [3.8, 4) is 17.3 Å². The number of aromatic nitrogens is 4. The van der Waals surface area contributed by atoms with Crippen molar-refractivity contribution in [2.24, 2.45) is 0 Å². The molecule has 0 radical (unpaired) electrons. The van der Waals surface area contributed by atoms with Gasteiger partial charge >= 0.3 is 0 Å². The largest absolute Gasteiger partial charge is 0.364 e. The molecular weight excluding hydrogens is 580 g/mol. The van der Waals surface area contributed by atoms with E-state index < -0.39 is 15.6 Å². The first kappa shape index (κ1) is 29.3. The van der Waals surface area contributed by atoms with Crippen molar-refractivity contribution in [3.05, 3.63) is 89.0 Å². The maximum Gasteiger partial charge on any atom is 0.261 e. The highest BCUT2D eigenvalue weighted by Gasteiger charge is 2.39. The predicted octanol–water partition coefficient (Wildman–Crippen LogP) is 4.28. The molecule has 0 aliphatic carbocycles. The molecule has 0 bridgehead atoms. The fraction of sp³-hybridized carbons (Fsp3) is 0.290. The number of piperidine rings is 1. The SMILES string of the molecule is CN(C)S(=O)(=O)c1ccc(Nc2nn(C3(CC#N)CCN(Cc4ccc(-c5ccon5)cc4)CC3)c3cc[nH]c(=O)c23)cc1. The summed E-state index contributed by atoms with van der Waals surface area (Å²) in [6, 6.07) is 20.6. The molecule has 226 valence electrons. The monoisotopic (exact) mass is 612 g/mol. The topological polar surface area (TPSA) is 153 Å². The number of rotatable bonds is 9. The van der Waals surface area contributed by atoms with E-state index in [4.69, 9.17) is 9.62 Å². The van der Waals surface area contributed by atoms with Crippen molar-refractivity contribution in [3.63, 3.8) is 0 Å². The number of nitrogens with zero attached hydrogens (tertiary/aromatic N) is 6. The molecule has 2 aromatic carbocycles. The molecule has 1 aliphatic rings. The molecule has 1 aliphatic heterocycles. The number of hydrogen-bond acceptors (Lipinski definition) is 9.